The van der Waals surface area contributed by atoms with Crippen molar-refractivity contribution < 1.29 is 39.9 Å². The lowest BCUT2D eigenvalue weighted by molar-refractivity contribution is -0.141. The Balaban J connectivity index is 0.000000195. The maximum Gasteiger partial charge on any atom is 0.435 e. The van der Waals surface area contributed by atoms with E-state index in [1.54, 1.807) is 0 Å². The molecule has 1 aliphatic carbocycles. The fourth-order valence-corrected chi connectivity index (χ4v) is 3.23. The van der Waals surface area contributed by atoms with Gasteiger partial charge in [-0.05, 0) is 25.0 Å². The van der Waals surface area contributed by atoms with Crippen LogP contribution in [0, 0.1) is 17.6 Å². The monoisotopic (exact) mass is 584 g/mol. The third kappa shape index (κ3) is 7.43. The summed E-state index contributed by atoms with van der Waals surface area (Å²) < 4.78 is 103. The number of aromatic nitrogens is 6. The zero-order valence-corrected chi connectivity index (χ0v) is 20.3. The highest BCUT2D eigenvalue weighted by Crippen LogP contribution is 2.36. The fraction of sp³-hybridized carbons (Fsp3) is 0.208. The van der Waals surface area contributed by atoms with Gasteiger partial charge in [0, 0.05) is 29.4 Å². The number of nitrogen functional groups attached to an aromatic ring is 1. The highest BCUT2D eigenvalue weighted by atomic mass is 19.4. The van der Waals surface area contributed by atoms with E-state index in [9.17, 15) is 39.9 Å². The number of hydrogen-bond donors (Lipinski definition) is 2. The van der Waals surface area contributed by atoms with Crippen molar-refractivity contribution in [3.63, 3.8) is 0 Å². The molecule has 17 heteroatoms. The van der Waals surface area contributed by atoms with Gasteiger partial charge in [-0.2, -0.15) is 26.3 Å². The molecule has 4 aromatic rings. The first kappa shape index (κ1) is 29.2. The van der Waals surface area contributed by atoms with E-state index in [1.807, 2.05) is 0 Å². The zero-order valence-electron chi connectivity index (χ0n) is 20.3. The van der Waals surface area contributed by atoms with Gasteiger partial charge in [0.25, 0.3) is 0 Å². The number of hydrogen-bond acceptors (Lipinski definition) is 8. The van der Waals surface area contributed by atoms with E-state index in [0.29, 0.717) is 12.8 Å². The SMILES string of the molecule is Nc1cnc(-c2cncc(F)c2)nc1C(F)(F)F.O=C(Nc1cnc(-c2cncc(F)c2)nc1C(F)(F)F)C1CC1. The summed E-state index contributed by atoms with van der Waals surface area (Å²) in [7, 11) is 0. The minimum absolute atomic E-state index is 0.00979. The molecule has 3 N–H and O–H groups in total. The maximum absolute atomic E-state index is 13.2. The summed E-state index contributed by atoms with van der Waals surface area (Å²) in [6.07, 6.45) is -2.32. The molecule has 1 fully saturated rings. The summed E-state index contributed by atoms with van der Waals surface area (Å²) in [5.41, 5.74) is 1.57. The number of nitrogens with one attached hydrogen (secondary N) is 1. The second-order valence-corrected chi connectivity index (χ2v) is 8.50. The highest BCUT2D eigenvalue weighted by Gasteiger charge is 2.38. The summed E-state index contributed by atoms with van der Waals surface area (Å²) in [6.45, 7) is 0. The predicted molar refractivity (Wildman–Crippen MR) is 126 cm³/mol. The van der Waals surface area contributed by atoms with Crippen molar-refractivity contribution >= 4 is 17.3 Å². The molecule has 4 aromatic heterocycles. The van der Waals surface area contributed by atoms with Gasteiger partial charge in [-0.25, -0.2) is 28.7 Å². The van der Waals surface area contributed by atoms with Crippen molar-refractivity contribution in [3.05, 3.63) is 72.3 Å². The van der Waals surface area contributed by atoms with Crippen LogP contribution in [0.1, 0.15) is 24.2 Å². The van der Waals surface area contributed by atoms with Gasteiger partial charge in [-0.1, -0.05) is 0 Å². The molecule has 9 nitrogen and oxygen atoms in total. The van der Waals surface area contributed by atoms with Crippen LogP contribution in [-0.4, -0.2) is 35.8 Å². The van der Waals surface area contributed by atoms with E-state index >= 15 is 0 Å². The Morgan fingerprint density at radius 3 is 1.71 bits per heavy atom. The smallest absolute Gasteiger partial charge is 0.396 e. The van der Waals surface area contributed by atoms with Crippen molar-refractivity contribution in [1.82, 2.24) is 29.9 Å². The van der Waals surface area contributed by atoms with Gasteiger partial charge in [0.05, 0.1) is 36.2 Å². The molecule has 214 valence electrons. The fourth-order valence-electron chi connectivity index (χ4n) is 3.23. The van der Waals surface area contributed by atoms with Crippen LogP contribution in [0.3, 0.4) is 0 Å². The number of carbonyl (C=O) groups excluding carboxylic acids is 1. The number of rotatable bonds is 4. The number of nitrogens with zero attached hydrogens (tertiary/aromatic N) is 6. The van der Waals surface area contributed by atoms with Crippen molar-refractivity contribution in [1.29, 1.82) is 0 Å². The lowest BCUT2D eigenvalue weighted by Crippen LogP contribution is -2.19. The van der Waals surface area contributed by atoms with Crippen molar-refractivity contribution in [3.8, 4) is 22.8 Å². The molecular weight excluding hydrogens is 568 g/mol. The van der Waals surface area contributed by atoms with Crippen molar-refractivity contribution in [2.45, 2.75) is 25.2 Å². The molecule has 4 heterocycles. The molecular formula is C24H16F8N8O. The van der Waals surface area contributed by atoms with E-state index in [1.165, 1.54) is 0 Å². The van der Waals surface area contributed by atoms with Crippen LogP contribution in [-0.2, 0) is 17.1 Å². The Morgan fingerprint density at radius 2 is 1.24 bits per heavy atom. The van der Waals surface area contributed by atoms with Crippen LogP contribution in [0.25, 0.3) is 22.8 Å². The molecule has 1 saturated carbocycles. The summed E-state index contributed by atoms with van der Waals surface area (Å²) in [5, 5.41) is 2.20. The van der Waals surface area contributed by atoms with Crippen LogP contribution in [0.15, 0.2) is 49.3 Å². The minimum Gasteiger partial charge on any atom is -0.396 e. The normalized spacial score (nSPS) is 13.3. The molecule has 1 aliphatic rings. The first-order valence-electron chi connectivity index (χ1n) is 11.4. The average Bonchev–Trinajstić information content (AvgIpc) is 3.74. The molecule has 0 saturated heterocycles. The Hall–Kier alpha value is -4.83. The van der Waals surface area contributed by atoms with E-state index in [0.717, 1.165) is 49.3 Å². The summed E-state index contributed by atoms with van der Waals surface area (Å²) in [5.74, 6) is -2.77. The molecule has 41 heavy (non-hydrogen) atoms. The number of pyridine rings is 2. The molecule has 0 radical (unpaired) electrons. The Labute approximate surface area is 224 Å². The molecule has 0 atom stereocenters. The van der Waals surface area contributed by atoms with E-state index in [2.05, 4.69) is 35.2 Å². The van der Waals surface area contributed by atoms with E-state index in [-0.39, 0.29) is 28.7 Å². The Kier molecular flexibility index (Phi) is 8.07. The topological polar surface area (TPSA) is 132 Å². The third-order valence-electron chi connectivity index (χ3n) is 5.28. The molecule has 1 amide bonds. The standard InChI is InChI=1S/C14H10F4N4O.C10H6F4N4/c15-9-3-8(4-19-5-9)12-20-6-10(11(22-12)14(16,17)18)21-13(23)7-1-2-7;11-6-1-5(2-16-3-6)9-17-4-7(15)8(18-9)10(12,13)14/h3-7H,1-2H2,(H,21,23);1-4H,15H2. The number of anilines is 2. The number of alkyl halides is 6. The van der Waals surface area contributed by atoms with Gasteiger partial charge >= 0.3 is 12.4 Å². The van der Waals surface area contributed by atoms with Gasteiger partial charge in [0.15, 0.2) is 23.0 Å². The third-order valence-corrected chi connectivity index (χ3v) is 5.28. The number of carbonyl (C=O) groups is 1. The van der Waals surface area contributed by atoms with Gasteiger partial charge < -0.3 is 11.1 Å². The van der Waals surface area contributed by atoms with Crippen LogP contribution in [0.2, 0.25) is 0 Å². The predicted octanol–water partition coefficient (Wildman–Crippen LogP) is 5.32. The summed E-state index contributed by atoms with van der Waals surface area (Å²) in [4.78, 5) is 32.8. The van der Waals surface area contributed by atoms with Crippen LogP contribution in [0.5, 0.6) is 0 Å². The highest BCUT2D eigenvalue weighted by molar-refractivity contribution is 5.94. The number of amides is 1. The maximum atomic E-state index is 13.2. The van der Waals surface area contributed by atoms with Crippen molar-refractivity contribution in [2.75, 3.05) is 11.1 Å². The van der Waals surface area contributed by atoms with Crippen LogP contribution >= 0.6 is 0 Å². The average molecular weight is 584 g/mol. The zero-order chi connectivity index (χ0) is 29.9. The molecule has 0 aromatic carbocycles. The van der Waals surface area contributed by atoms with Gasteiger partial charge in [-0.15, -0.1) is 0 Å². The van der Waals surface area contributed by atoms with Gasteiger partial charge in [-0.3, -0.25) is 14.8 Å². The minimum atomic E-state index is -4.79. The quantitative estimate of drug-likeness (QED) is 0.308. The molecule has 5 rings (SSSR count). The second-order valence-electron chi connectivity index (χ2n) is 8.50. The molecule has 0 unspecified atom stereocenters. The first-order valence-corrected chi connectivity index (χ1v) is 11.4. The summed E-state index contributed by atoms with van der Waals surface area (Å²) >= 11 is 0. The lowest BCUT2D eigenvalue weighted by Gasteiger charge is -2.13. The van der Waals surface area contributed by atoms with E-state index < -0.39 is 52.7 Å². The number of nitrogens with two attached hydrogens (primary N) is 1. The second kappa shape index (κ2) is 11.3. The molecule has 0 bridgehead atoms. The molecule has 0 aliphatic heterocycles. The van der Waals surface area contributed by atoms with Gasteiger partial charge in [0.1, 0.15) is 11.6 Å². The van der Waals surface area contributed by atoms with Crippen LogP contribution < -0.4 is 11.1 Å². The van der Waals surface area contributed by atoms with Crippen molar-refractivity contribution in [2.24, 2.45) is 5.92 Å². The summed E-state index contributed by atoms with van der Waals surface area (Å²) in [6, 6.07) is 1.96. The molecule has 0 spiro atoms. The first-order chi connectivity index (χ1) is 19.2. The largest absolute Gasteiger partial charge is 0.435 e. The van der Waals surface area contributed by atoms with Crippen LogP contribution in [0.4, 0.5) is 46.5 Å². The number of halogens is 8. The van der Waals surface area contributed by atoms with E-state index in [4.69, 9.17) is 5.73 Å². The Bertz CT molecular complexity index is 1570. The Morgan fingerprint density at radius 1 is 0.756 bits per heavy atom. The lowest BCUT2D eigenvalue weighted by atomic mass is 10.2. The van der Waals surface area contributed by atoms with Gasteiger partial charge in [0.2, 0.25) is 5.91 Å².